The lowest BCUT2D eigenvalue weighted by molar-refractivity contribution is 0.192. The second-order valence-corrected chi connectivity index (χ2v) is 5.71. The van der Waals surface area contributed by atoms with Gasteiger partial charge in [-0.05, 0) is 29.7 Å². The zero-order valence-corrected chi connectivity index (χ0v) is 12.1. The van der Waals surface area contributed by atoms with Crippen LogP contribution in [0.25, 0.3) is 0 Å². The Morgan fingerprint density at radius 3 is 2.67 bits per heavy atom. The van der Waals surface area contributed by atoms with Crippen molar-refractivity contribution in [2.45, 2.75) is 19.0 Å². The molecule has 110 valence electrons. The molecular formula is C18H21FN2. The van der Waals surface area contributed by atoms with Gasteiger partial charge in [-0.3, -0.25) is 4.90 Å². The minimum absolute atomic E-state index is 0.149. The van der Waals surface area contributed by atoms with Crippen LogP contribution in [0.2, 0.25) is 0 Å². The number of nitrogens with zero attached hydrogens (tertiary/aromatic N) is 1. The van der Waals surface area contributed by atoms with Gasteiger partial charge >= 0.3 is 0 Å². The molecule has 1 heterocycles. The number of piperazine rings is 1. The molecular weight excluding hydrogens is 263 g/mol. The Bertz CT molecular complexity index is 570. The fourth-order valence-corrected chi connectivity index (χ4v) is 2.96. The number of rotatable bonds is 4. The van der Waals surface area contributed by atoms with Crippen LogP contribution in [-0.2, 0) is 13.0 Å². The van der Waals surface area contributed by atoms with Crippen molar-refractivity contribution >= 4 is 0 Å². The second kappa shape index (κ2) is 6.83. The summed E-state index contributed by atoms with van der Waals surface area (Å²) >= 11 is 0. The van der Waals surface area contributed by atoms with Gasteiger partial charge in [0.1, 0.15) is 5.82 Å². The summed E-state index contributed by atoms with van der Waals surface area (Å²) < 4.78 is 13.3. The van der Waals surface area contributed by atoms with E-state index < -0.39 is 0 Å². The first-order valence-corrected chi connectivity index (χ1v) is 7.54. The topological polar surface area (TPSA) is 15.3 Å². The molecule has 1 N–H and O–H groups in total. The maximum absolute atomic E-state index is 13.3. The minimum Gasteiger partial charge on any atom is -0.311 e. The molecule has 3 rings (SSSR count). The minimum atomic E-state index is -0.149. The molecule has 0 saturated carbocycles. The van der Waals surface area contributed by atoms with Gasteiger partial charge in [0.05, 0.1) is 0 Å². The monoisotopic (exact) mass is 284 g/mol. The lowest BCUT2D eigenvalue weighted by Gasteiger charge is -2.33. The summed E-state index contributed by atoms with van der Waals surface area (Å²) in [5, 5.41) is 3.54. The van der Waals surface area contributed by atoms with Crippen LogP contribution in [0.4, 0.5) is 4.39 Å². The average molecular weight is 284 g/mol. The Kier molecular flexibility index (Phi) is 4.63. The quantitative estimate of drug-likeness (QED) is 0.929. The van der Waals surface area contributed by atoms with Gasteiger partial charge in [-0.15, -0.1) is 0 Å². The molecule has 0 spiro atoms. The van der Waals surface area contributed by atoms with E-state index in [1.807, 2.05) is 12.1 Å². The van der Waals surface area contributed by atoms with Crippen molar-refractivity contribution in [2.75, 3.05) is 19.6 Å². The van der Waals surface area contributed by atoms with Crippen molar-refractivity contribution in [1.82, 2.24) is 10.2 Å². The van der Waals surface area contributed by atoms with Gasteiger partial charge < -0.3 is 5.32 Å². The predicted octanol–water partition coefficient (Wildman–Crippen LogP) is 2.84. The summed E-state index contributed by atoms with van der Waals surface area (Å²) in [4.78, 5) is 2.47. The van der Waals surface area contributed by atoms with Crippen LogP contribution in [0.15, 0.2) is 54.6 Å². The molecule has 3 heteroatoms. The second-order valence-electron chi connectivity index (χ2n) is 5.71. The summed E-state index contributed by atoms with van der Waals surface area (Å²) in [6.07, 6.45) is 0.878. The van der Waals surface area contributed by atoms with Crippen molar-refractivity contribution in [3.8, 4) is 0 Å². The molecule has 1 fully saturated rings. The molecule has 0 amide bonds. The van der Waals surface area contributed by atoms with Crippen molar-refractivity contribution in [1.29, 1.82) is 0 Å². The number of hydrogen-bond donors (Lipinski definition) is 1. The molecule has 1 atom stereocenters. The van der Waals surface area contributed by atoms with E-state index in [-0.39, 0.29) is 5.82 Å². The Morgan fingerprint density at radius 1 is 1.05 bits per heavy atom. The maximum Gasteiger partial charge on any atom is 0.123 e. The lowest BCUT2D eigenvalue weighted by atomic mass is 10.0. The van der Waals surface area contributed by atoms with Crippen molar-refractivity contribution in [2.24, 2.45) is 0 Å². The van der Waals surface area contributed by atoms with Gasteiger partial charge in [-0.2, -0.15) is 0 Å². The van der Waals surface area contributed by atoms with Crippen molar-refractivity contribution < 1.29 is 4.39 Å². The van der Waals surface area contributed by atoms with Crippen LogP contribution in [0, 0.1) is 5.82 Å². The number of halogens is 1. The van der Waals surface area contributed by atoms with Gasteiger partial charge in [0.2, 0.25) is 0 Å². The number of hydrogen-bond acceptors (Lipinski definition) is 2. The normalized spacial score (nSPS) is 19.6. The van der Waals surface area contributed by atoms with Crippen molar-refractivity contribution in [3.05, 3.63) is 71.5 Å². The summed E-state index contributed by atoms with van der Waals surface area (Å²) in [6, 6.07) is 17.9. The third kappa shape index (κ3) is 4.13. The summed E-state index contributed by atoms with van der Waals surface area (Å²) in [6.45, 7) is 4.05. The van der Waals surface area contributed by atoms with Gasteiger partial charge in [0, 0.05) is 32.2 Å². The Hall–Kier alpha value is -1.71. The first-order valence-electron chi connectivity index (χ1n) is 7.54. The Labute approximate surface area is 125 Å². The number of benzene rings is 2. The van der Waals surface area contributed by atoms with Crippen molar-refractivity contribution in [3.63, 3.8) is 0 Å². The van der Waals surface area contributed by atoms with Crippen LogP contribution in [0.5, 0.6) is 0 Å². The molecule has 0 aromatic heterocycles. The first-order chi connectivity index (χ1) is 10.3. The highest BCUT2D eigenvalue weighted by molar-refractivity contribution is 5.18. The summed E-state index contributed by atoms with van der Waals surface area (Å²) in [5.41, 5.74) is 2.41. The molecule has 1 saturated heterocycles. The van der Waals surface area contributed by atoms with Crippen LogP contribution in [0.1, 0.15) is 11.1 Å². The molecule has 2 aromatic carbocycles. The third-order valence-electron chi connectivity index (χ3n) is 3.96. The van der Waals surface area contributed by atoms with E-state index in [1.54, 1.807) is 12.1 Å². The van der Waals surface area contributed by atoms with E-state index >= 15 is 0 Å². The highest BCUT2D eigenvalue weighted by Crippen LogP contribution is 2.12. The Morgan fingerprint density at radius 2 is 1.86 bits per heavy atom. The summed E-state index contributed by atoms with van der Waals surface area (Å²) in [5.74, 6) is -0.149. The number of nitrogens with one attached hydrogen (secondary N) is 1. The highest BCUT2D eigenvalue weighted by atomic mass is 19.1. The molecule has 0 unspecified atom stereocenters. The fraction of sp³-hybridized carbons (Fsp3) is 0.333. The van der Waals surface area contributed by atoms with E-state index in [1.165, 1.54) is 11.6 Å². The van der Waals surface area contributed by atoms with E-state index in [0.29, 0.717) is 6.04 Å². The van der Waals surface area contributed by atoms with E-state index in [2.05, 4.69) is 34.5 Å². The van der Waals surface area contributed by atoms with Gasteiger partial charge in [-0.1, -0.05) is 42.5 Å². The molecule has 2 aromatic rings. The molecule has 0 radical (unpaired) electrons. The van der Waals surface area contributed by atoms with E-state index in [9.17, 15) is 4.39 Å². The van der Waals surface area contributed by atoms with Crippen LogP contribution in [-0.4, -0.2) is 30.6 Å². The summed E-state index contributed by atoms with van der Waals surface area (Å²) in [7, 11) is 0. The highest BCUT2D eigenvalue weighted by Gasteiger charge is 2.19. The zero-order chi connectivity index (χ0) is 14.5. The molecule has 0 bridgehead atoms. The van der Waals surface area contributed by atoms with Gasteiger partial charge in [0.25, 0.3) is 0 Å². The van der Waals surface area contributed by atoms with E-state index in [0.717, 1.165) is 38.2 Å². The fourth-order valence-electron chi connectivity index (χ4n) is 2.96. The lowest BCUT2D eigenvalue weighted by Crippen LogP contribution is -2.51. The largest absolute Gasteiger partial charge is 0.311 e. The SMILES string of the molecule is Fc1cccc(C[C@@H]2CN(Cc3ccccc3)CCN2)c1. The van der Waals surface area contributed by atoms with Gasteiger partial charge in [-0.25, -0.2) is 4.39 Å². The van der Waals surface area contributed by atoms with Crippen LogP contribution < -0.4 is 5.32 Å². The smallest absolute Gasteiger partial charge is 0.123 e. The molecule has 0 aliphatic carbocycles. The molecule has 1 aliphatic heterocycles. The predicted molar refractivity (Wildman–Crippen MR) is 83.6 cm³/mol. The van der Waals surface area contributed by atoms with Gasteiger partial charge in [0.15, 0.2) is 0 Å². The Balaban J connectivity index is 1.58. The van der Waals surface area contributed by atoms with E-state index in [4.69, 9.17) is 0 Å². The molecule has 2 nitrogen and oxygen atoms in total. The maximum atomic E-state index is 13.3. The van der Waals surface area contributed by atoms with Crippen LogP contribution in [0.3, 0.4) is 0 Å². The van der Waals surface area contributed by atoms with Crippen LogP contribution >= 0.6 is 0 Å². The standard InChI is InChI=1S/C18H21FN2/c19-17-8-4-7-16(11-17)12-18-14-21(10-9-20-18)13-15-5-2-1-3-6-15/h1-8,11,18,20H,9-10,12-14H2/t18-/m1/s1. The molecule has 1 aliphatic rings. The average Bonchev–Trinajstić information content (AvgIpc) is 2.49. The first kappa shape index (κ1) is 14.2. The zero-order valence-electron chi connectivity index (χ0n) is 12.1. The molecule has 21 heavy (non-hydrogen) atoms. The third-order valence-corrected chi connectivity index (χ3v) is 3.96.